The maximum absolute atomic E-state index is 14.4. The summed E-state index contributed by atoms with van der Waals surface area (Å²) < 4.78 is 11.8. The minimum atomic E-state index is -1.23. The number of benzene rings is 3. The van der Waals surface area contributed by atoms with Crippen LogP contribution in [-0.2, 0) is 15.0 Å². The van der Waals surface area contributed by atoms with Crippen LogP contribution in [0.25, 0.3) is 0 Å². The van der Waals surface area contributed by atoms with Crippen LogP contribution in [0.2, 0.25) is 5.02 Å². The van der Waals surface area contributed by atoms with Crippen molar-refractivity contribution in [3.05, 3.63) is 106 Å². The highest BCUT2D eigenvalue weighted by Crippen LogP contribution is 2.58. The average Bonchev–Trinajstić information content (AvgIpc) is 3.28. The molecule has 2 unspecified atom stereocenters. The van der Waals surface area contributed by atoms with Crippen molar-refractivity contribution >= 4 is 40.7 Å². The average molecular weight is 616 g/mol. The molecule has 1 aliphatic carbocycles. The summed E-state index contributed by atoms with van der Waals surface area (Å²) in [5.74, 6) is 3.11. The summed E-state index contributed by atoms with van der Waals surface area (Å²) in [5, 5.41) is 16.4. The lowest BCUT2D eigenvalue weighted by atomic mass is 9.57. The van der Waals surface area contributed by atoms with Crippen molar-refractivity contribution in [2.45, 2.75) is 24.3 Å². The van der Waals surface area contributed by atoms with Gasteiger partial charge in [0.05, 0.1) is 12.6 Å². The lowest BCUT2D eigenvalue weighted by molar-refractivity contribution is -0.135. The summed E-state index contributed by atoms with van der Waals surface area (Å²) in [7, 11) is 0. The van der Waals surface area contributed by atoms with E-state index in [1.165, 1.54) is 0 Å². The van der Waals surface area contributed by atoms with Crippen LogP contribution < -0.4 is 20.1 Å². The van der Waals surface area contributed by atoms with Crippen LogP contribution in [0.15, 0.2) is 83.9 Å². The van der Waals surface area contributed by atoms with Gasteiger partial charge in [-0.25, -0.2) is 0 Å². The summed E-state index contributed by atoms with van der Waals surface area (Å²) >= 11 is 12.8. The number of carbonyl (C=O) groups is 2. The molecule has 1 saturated heterocycles. The molecule has 6 rings (SSSR count). The molecule has 9 heteroatoms. The maximum Gasteiger partial charge on any atom is 0.237 e. The van der Waals surface area contributed by atoms with Gasteiger partial charge in [0, 0.05) is 33.3 Å². The quantitative estimate of drug-likeness (QED) is 0.273. The predicted molar refractivity (Wildman–Crippen MR) is 165 cm³/mol. The first-order valence-electron chi connectivity index (χ1n) is 13.9. The van der Waals surface area contributed by atoms with Crippen LogP contribution in [0.3, 0.4) is 0 Å². The van der Waals surface area contributed by atoms with Crippen molar-refractivity contribution in [1.82, 2.24) is 5.32 Å². The molecule has 7 nitrogen and oxygen atoms in total. The topological polar surface area (TPSA) is 96.9 Å². The van der Waals surface area contributed by atoms with E-state index in [-0.39, 0.29) is 37.4 Å². The van der Waals surface area contributed by atoms with Crippen molar-refractivity contribution in [2.75, 3.05) is 18.5 Å². The molecule has 4 atom stereocenters. The van der Waals surface area contributed by atoms with Gasteiger partial charge >= 0.3 is 0 Å². The smallest absolute Gasteiger partial charge is 0.237 e. The molecule has 0 aromatic heterocycles. The summed E-state index contributed by atoms with van der Waals surface area (Å²) in [6.07, 6.45) is 12.2. The Balaban J connectivity index is 1.51. The molecule has 3 N–H and O–H groups in total. The molecule has 1 spiro atoms. The van der Waals surface area contributed by atoms with Crippen LogP contribution in [0.4, 0.5) is 5.69 Å². The second kappa shape index (κ2) is 11.8. The number of allylic oxidation sites excluding steroid dienone is 4. The van der Waals surface area contributed by atoms with Crippen LogP contribution in [0, 0.1) is 24.2 Å². The SMILES string of the molecule is C#Cc1ccc(Oc2ccc(OCCO)cc2)c(C2NC(=O)C[C@@H](C3C=CC=C(Cl)C3)[C@]23C(=O)Nc2cc(Cl)ccc23)c1. The molecule has 2 heterocycles. The van der Waals surface area contributed by atoms with Crippen molar-refractivity contribution in [1.29, 1.82) is 0 Å². The fourth-order valence-corrected chi connectivity index (χ4v) is 6.92. The van der Waals surface area contributed by atoms with Gasteiger partial charge < -0.3 is 25.2 Å². The van der Waals surface area contributed by atoms with E-state index in [2.05, 4.69) is 16.6 Å². The number of carbonyl (C=O) groups excluding carboxylic acids is 2. The van der Waals surface area contributed by atoms with Crippen LogP contribution >= 0.6 is 23.2 Å². The number of aliphatic hydroxyl groups is 1. The van der Waals surface area contributed by atoms with Gasteiger partial charge in [0.25, 0.3) is 0 Å². The molecule has 3 aliphatic rings. The number of hydrogen-bond acceptors (Lipinski definition) is 5. The van der Waals surface area contributed by atoms with E-state index in [1.54, 1.807) is 54.6 Å². The van der Waals surface area contributed by atoms with Gasteiger partial charge in [0.15, 0.2) is 0 Å². The van der Waals surface area contributed by atoms with Gasteiger partial charge in [0.1, 0.15) is 29.3 Å². The zero-order valence-corrected chi connectivity index (χ0v) is 24.5. The number of anilines is 1. The van der Waals surface area contributed by atoms with Gasteiger partial charge in [-0.15, -0.1) is 6.42 Å². The van der Waals surface area contributed by atoms with E-state index in [1.807, 2.05) is 24.3 Å². The molecule has 3 aromatic rings. The lowest BCUT2D eigenvalue weighted by Crippen LogP contribution is -2.59. The van der Waals surface area contributed by atoms with Crippen LogP contribution in [0.5, 0.6) is 17.2 Å². The van der Waals surface area contributed by atoms with E-state index >= 15 is 0 Å². The molecular weight excluding hydrogens is 587 g/mol. The van der Waals surface area contributed by atoms with Gasteiger partial charge in [-0.05, 0) is 84.5 Å². The number of halogens is 2. The number of ether oxygens (including phenoxy) is 2. The largest absolute Gasteiger partial charge is 0.491 e. The van der Waals surface area contributed by atoms with Gasteiger partial charge in [-0.3, -0.25) is 9.59 Å². The highest BCUT2D eigenvalue weighted by atomic mass is 35.5. The highest BCUT2D eigenvalue weighted by molar-refractivity contribution is 6.31. The Bertz CT molecular complexity index is 1690. The summed E-state index contributed by atoms with van der Waals surface area (Å²) in [5.41, 5.74) is 1.23. The number of aliphatic hydroxyl groups excluding tert-OH is 1. The zero-order chi connectivity index (χ0) is 30.1. The van der Waals surface area contributed by atoms with Gasteiger partial charge in [-0.2, -0.15) is 0 Å². The Kier molecular flexibility index (Phi) is 7.93. The number of hydrogen-bond donors (Lipinski definition) is 3. The maximum atomic E-state index is 14.4. The number of rotatable bonds is 7. The third-order valence-corrected chi connectivity index (χ3v) is 8.80. The van der Waals surface area contributed by atoms with Crippen molar-refractivity contribution in [2.24, 2.45) is 11.8 Å². The number of fused-ring (bicyclic) bond motifs is 2. The summed E-state index contributed by atoms with van der Waals surface area (Å²) in [6, 6.07) is 16.7. The monoisotopic (exact) mass is 614 g/mol. The molecule has 2 aliphatic heterocycles. The number of terminal acetylenes is 1. The molecule has 2 amide bonds. The first-order valence-corrected chi connectivity index (χ1v) is 14.6. The van der Waals surface area contributed by atoms with E-state index < -0.39 is 17.4 Å². The Morgan fingerprint density at radius 3 is 2.56 bits per heavy atom. The minimum absolute atomic E-state index is 0.0962. The van der Waals surface area contributed by atoms with Crippen molar-refractivity contribution < 1.29 is 24.2 Å². The number of nitrogens with one attached hydrogen (secondary N) is 2. The van der Waals surface area contributed by atoms with Gasteiger partial charge in [-0.1, -0.05) is 47.3 Å². The van der Waals surface area contributed by atoms with Crippen LogP contribution in [-0.4, -0.2) is 30.1 Å². The van der Waals surface area contributed by atoms with Gasteiger partial charge in [0.2, 0.25) is 11.8 Å². The second-order valence-corrected chi connectivity index (χ2v) is 11.7. The van der Waals surface area contributed by atoms with Crippen molar-refractivity contribution in [3.8, 4) is 29.6 Å². The highest BCUT2D eigenvalue weighted by Gasteiger charge is 2.62. The number of piperidine rings is 1. The number of amides is 2. The lowest BCUT2D eigenvalue weighted by Gasteiger charge is -2.49. The predicted octanol–water partition coefficient (Wildman–Crippen LogP) is 6.25. The normalized spacial score (nSPS) is 24.0. The molecule has 3 aromatic carbocycles. The zero-order valence-electron chi connectivity index (χ0n) is 23.0. The molecule has 43 heavy (non-hydrogen) atoms. The Hall–Kier alpha value is -4.22. The Morgan fingerprint density at radius 1 is 1.02 bits per heavy atom. The standard InChI is InChI=1S/C34H28Cl2N2O5/c1-2-20-6-13-30(43-25-10-8-24(9-11-25)42-15-14-39)26(16-20)32-34(27-12-7-23(36)18-29(27)37-33(34)41)28(19-31(40)38-32)21-4-3-5-22(35)17-21/h1,3-13,16,18,21,28,32,39H,14-15,17,19H2,(H,37,41)(H,38,40)/t21?,28-,32?,34-/m0/s1. The minimum Gasteiger partial charge on any atom is -0.491 e. The third-order valence-electron chi connectivity index (χ3n) is 8.28. The molecular formula is C34H28Cl2N2O5. The van der Waals surface area contributed by atoms with E-state index in [0.29, 0.717) is 50.5 Å². The first kappa shape index (κ1) is 28.9. The van der Waals surface area contributed by atoms with E-state index in [9.17, 15) is 9.59 Å². The fourth-order valence-electron chi connectivity index (χ4n) is 6.50. The van der Waals surface area contributed by atoms with E-state index in [4.69, 9.17) is 44.2 Å². The Morgan fingerprint density at radius 2 is 1.81 bits per heavy atom. The van der Waals surface area contributed by atoms with Crippen LogP contribution in [0.1, 0.15) is 35.6 Å². The molecule has 218 valence electrons. The molecule has 0 saturated carbocycles. The van der Waals surface area contributed by atoms with E-state index in [0.717, 1.165) is 5.56 Å². The molecule has 0 bridgehead atoms. The molecule has 0 radical (unpaired) electrons. The summed E-state index contributed by atoms with van der Waals surface area (Å²) in [4.78, 5) is 27.9. The summed E-state index contributed by atoms with van der Waals surface area (Å²) in [6.45, 7) is 0.0789. The van der Waals surface area contributed by atoms with Crippen molar-refractivity contribution in [3.63, 3.8) is 0 Å². The fraction of sp³-hybridized carbons (Fsp3) is 0.235. The second-order valence-electron chi connectivity index (χ2n) is 10.7. The first-order chi connectivity index (χ1) is 20.8. The third kappa shape index (κ3) is 5.27. The Labute approximate surface area is 259 Å². The molecule has 1 fully saturated rings.